The van der Waals surface area contributed by atoms with Crippen molar-refractivity contribution in [3.05, 3.63) is 82.4 Å². The van der Waals surface area contributed by atoms with Gasteiger partial charge in [-0.05, 0) is 36.4 Å². The molecule has 0 N–H and O–H groups in total. The first-order chi connectivity index (χ1) is 15.2. The summed E-state index contributed by atoms with van der Waals surface area (Å²) in [4.78, 5) is 17.3. The third-order valence-corrected chi connectivity index (χ3v) is 5.86. The third kappa shape index (κ3) is 3.51. The van der Waals surface area contributed by atoms with Crippen molar-refractivity contribution in [2.24, 2.45) is 0 Å². The van der Waals surface area contributed by atoms with Crippen molar-refractivity contribution >= 4 is 40.0 Å². The Bertz CT molecular complexity index is 1470. The highest BCUT2D eigenvalue weighted by Gasteiger charge is 2.17. The Morgan fingerprint density at radius 3 is 2.74 bits per heavy atom. The highest BCUT2D eigenvalue weighted by atomic mass is 35.5. The molecule has 3 heterocycles. The predicted molar refractivity (Wildman–Crippen MR) is 119 cm³/mol. The van der Waals surface area contributed by atoms with E-state index in [0.29, 0.717) is 45.4 Å². The zero-order valence-corrected chi connectivity index (χ0v) is 17.7. The third-order valence-electron chi connectivity index (χ3n) is 4.68. The first-order valence-electron chi connectivity index (χ1n) is 9.34. The van der Waals surface area contributed by atoms with Crippen molar-refractivity contribution in [1.29, 1.82) is 0 Å². The van der Waals surface area contributed by atoms with Gasteiger partial charge in [0.25, 0.3) is 11.4 Å². The van der Waals surface area contributed by atoms with Crippen molar-refractivity contribution < 1.29 is 4.52 Å². The average Bonchev–Trinajstić information content (AvgIpc) is 3.43. The van der Waals surface area contributed by atoms with Crippen LogP contribution in [0.3, 0.4) is 0 Å². The number of halogens is 1. The van der Waals surface area contributed by atoms with Crippen molar-refractivity contribution in [2.75, 3.05) is 0 Å². The Morgan fingerprint density at radius 2 is 1.94 bits per heavy atom. The Kier molecular flexibility index (Phi) is 5.05. The summed E-state index contributed by atoms with van der Waals surface area (Å²) in [5.41, 5.74) is 1.41. The van der Waals surface area contributed by atoms with Crippen LogP contribution in [0.4, 0.5) is 0 Å². The second-order valence-electron chi connectivity index (χ2n) is 6.65. The van der Waals surface area contributed by atoms with E-state index in [1.807, 2.05) is 34.7 Å². The van der Waals surface area contributed by atoms with E-state index in [-0.39, 0.29) is 5.56 Å². The number of nitrogens with zero attached hydrogens (tertiary/aromatic N) is 6. The van der Waals surface area contributed by atoms with Crippen LogP contribution >= 0.6 is 23.4 Å². The zero-order valence-electron chi connectivity index (χ0n) is 16.1. The van der Waals surface area contributed by atoms with Crippen LogP contribution in [0.2, 0.25) is 5.02 Å². The van der Waals surface area contributed by atoms with E-state index in [4.69, 9.17) is 16.1 Å². The van der Waals surface area contributed by atoms with Gasteiger partial charge in [0.1, 0.15) is 0 Å². The quantitative estimate of drug-likeness (QED) is 0.282. The number of benzene rings is 2. The molecule has 0 amide bonds. The summed E-state index contributed by atoms with van der Waals surface area (Å²) in [6.07, 6.45) is 1.66. The summed E-state index contributed by atoms with van der Waals surface area (Å²) in [7, 11) is 0. The van der Waals surface area contributed by atoms with Gasteiger partial charge in [-0.1, -0.05) is 46.7 Å². The van der Waals surface area contributed by atoms with Gasteiger partial charge in [0.05, 0.1) is 16.7 Å². The molecule has 3 aromatic heterocycles. The fraction of sp³-hybridized carbons (Fsp3) is 0.0952. The van der Waals surface area contributed by atoms with Crippen molar-refractivity contribution in [2.45, 2.75) is 17.5 Å². The molecule has 0 spiro atoms. The highest BCUT2D eigenvalue weighted by molar-refractivity contribution is 7.98. The van der Waals surface area contributed by atoms with Crippen LogP contribution in [0.25, 0.3) is 28.1 Å². The topological polar surface area (TPSA) is 91.1 Å². The van der Waals surface area contributed by atoms with E-state index in [2.05, 4.69) is 26.9 Å². The lowest BCUT2D eigenvalue weighted by Crippen LogP contribution is -2.22. The van der Waals surface area contributed by atoms with E-state index in [9.17, 15) is 4.79 Å². The van der Waals surface area contributed by atoms with E-state index >= 15 is 0 Å². The number of hydrogen-bond acceptors (Lipinski definition) is 7. The van der Waals surface area contributed by atoms with E-state index in [1.54, 1.807) is 28.8 Å². The number of thioether (sulfide) groups is 1. The molecule has 5 aromatic rings. The highest BCUT2D eigenvalue weighted by Crippen LogP contribution is 2.25. The van der Waals surface area contributed by atoms with Crippen molar-refractivity contribution in [3.8, 4) is 11.5 Å². The molecule has 5 rings (SSSR count). The molecule has 0 fully saturated rings. The Morgan fingerprint density at radius 1 is 1.13 bits per heavy atom. The van der Waals surface area contributed by atoms with Crippen molar-refractivity contribution in [1.82, 2.24) is 29.3 Å². The van der Waals surface area contributed by atoms with Crippen LogP contribution in [0, 0.1) is 0 Å². The smallest absolute Gasteiger partial charge is 0.263 e. The summed E-state index contributed by atoms with van der Waals surface area (Å²) in [6.45, 7) is 4.08. The summed E-state index contributed by atoms with van der Waals surface area (Å²) in [6, 6.07) is 14.6. The van der Waals surface area contributed by atoms with E-state index < -0.39 is 0 Å². The summed E-state index contributed by atoms with van der Waals surface area (Å²) >= 11 is 7.34. The maximum atomic E-state index is 12.9. The molecule has 0 aliphatic rings. The molecule has 0 bridgehead atoms. The van der Waals surface area contributed by atoms with Gasteiger partial charge in [-0.2, -0.15) is 4.98 Å². The van der Waals surface area contributed by atoms with Gasteiger partial charge in [-0.3, -0.25) is 13.8 Å². The minimum atomic E-state index is -0.127. The summed E-state index contributed by atoms with van der Waals surface area (Å²) in [5.74, 6) is 1.83. The molecule has 0 aliphatic carbocycles. The van der Waals surface area contributed by atoms with Gasteiger partial charge in [0.15, 0.2) is 11.0 Å². The molecule has 0 atom stereocenters. The Hall–Kier alpha value is -3.43. The van der Waals surface area contributed by atoms with Crippen LogP contribution in [-0.4, -0.2) is 29.3 Å². The van der Waals surface area contributed by atoms with E-state index in [0.717, 1.165) is 11.1 Å². The minimum absolute atomic E-state index is 0.127. The first kappa shape index (κ1) is 19.5. The molecule has 0 saturated heterocycles. The predicted octanol–water partition coefficient (Wildman–Crippen LogP) is 4.23. The van der Waals surface area contributed by atoms with E-state index in [1.165, 1.54) is 11.8 Å². The number of fused-ring (bicyclic) bond motifs is 3. The number of allylic oxidation sites excluding steroid dienone is 1. The lowest BCUT2D eigenvalue weighted by molar-refractivity contribution is 0.425. The molecule has 0 aliphatic heterocycles. The Balaban J connectivity index is 1.50. The summed E-state index contributed by atoms with van der Waals surface area (Å²) in [5, 5.41) is 14.5. The molecule has 10 heteroatoms. The molecule has 8 nitrogen and oxygen atoms in total. The van der Waals surface area contributed by atoms with Gasteiger partial charge >= 0.3 is 0 Å². The van der Waals surface area contributed by atoms with Crippen LogP contribution in [0.5, 0.6) is 0 Å². The first-order valence-corrected chi connectivity index (χ1v) is 10.7. The molecule has 31 heavy (non-hydrogen) atoms. The Labute approximate surface area is 185 Å². The second-order valence-corrected chi connectivity index (χ2v) is 8.03. The largest absolute Gasteiger partial charge is 0.334 e. The van der Waals surface area contributed by atoms with Gasteiger partial charge in [-0.15, -0.1) is 16.8 Å². The van der Waals surface area contributed by atoms with Crippen LogP contribution in [0.15, 0.2) is 75.7 Å². The van der Waals surface area contributed by atoms with Gasteiger partial charge in [-0.25, -0.2) is 0 Å². The molecular weight excluding hydrogens is 436 g/mol. The summed E-state index contributed by atoms with van der Waals surface area (Å²) < 4.78 is 8.79. The minimum Gasteiger partial charge on any atom is -0.334 e. The van der Waals surface area contributed by atoms with Crippen LogP contribution in [-0.2, 0) is 12.3 Å². The maximum Gasteiger partial charge on any atom is 0.263 e. The molecule has 154 valence electrons. The SMILES string of the molecule is C=CCn1c(=O)c2ccccc2n2c(SCc3noc(-c4ccc(Cl)cc4)n3)nnc12. The second kappa shape index (κ2) is 8.01. The lowest BCUT2D eigenvalue weighted by atomic mass is 10.2. The maximum absolute atomic E-state index is 12.9. The average molecular weight is 451 g/mol. The molecule has 0 unspecified atom stereocenters. The normalized spacial score (nSPS) is 11.4. The number of hydrogen-bond donors (Lipinski definition) is 0. The fourth-order valence-corrected chi connectivity index (χ4v) is 4.18. The number of rotatable bonds is 6. The van der Waals surface area contributed by atoms with Gasteiger partial charge in [0, 0.05) is 17.1 Å². The molecule has 0 saturated carbocycles. The molecule has 2 aromatic carbocycles. The van der Waals surface area contributed by atoms with Gasteiger partial charge < -0.3 is 4.52 Å². The molecular formula is C21H15ClN6O2S. The number of para-hydroxylation sites is 1. The zero-order chi connectivity index (χ0) is 21.4. The lowest BCUT2D eigenvalue weighted by Gasteiger charge is -2.09. The van der Waals surface area contributed by atoms with Crippen molar-refractivity contribution in [3.63, 3.8) is 0 Å². The monoisotopic (exact) mass is 450 g/mol. The van der Waals surface area contributed by atoms with Gasteiger partial charge in [0.2, 0.25) is 5.78 Å². The number of aromatic nitrogens is 6. The fourth-order valence-electron chi connectivity index (χ4n) is 3.27. The van der Waals surface area contributed by atoms with Crippen LogP contribution in [0.1, 0.15) is 5.82 Å². The van der Waals surface area contributed by atoms with Crippen LogP contribution < -0.4 is 5.56 Å². The standard InChI is InChI=1S/C21H15ClN6O2S/c1-2-11-27-19(29)15-5-3-4-6-16(15)28-20(27)24-25-21(28)31-12-17-23-18(30-26-17)13-7-9-14(22)10-8-13/h2-10H,1,11-12H2. The molecule has 0 radical (unpaired) electrons.